The highest BCUT2D eigenvalue weighted by atomic mass is 16.5. The van der Waals surface area contributed by atoms with Crippen molar-refractivity contribution in [3.8, 4) is 11.5 Å². The molecule has 6 aromatic carbocycles. The van der Waals surface area contributed by atoms with Crippen molar-refractivity contribution in [2.24, 2.45) is 30.7 Å². The molecule has 0 atom stereocenters. The van der Waals surface area contributed by atoms with Gasteiger partial charge in [0.25, 0.3) is 0 Å². The van der Waals surface area contributed by atoms with Crippen LogP contribution in [0.5, 0.6) is 11.5 Å². The Labute approximate surface area is 292 Å². The van der Waals surface area contributed by atoms with E-state index in [4.69, 9.17) is 9.47 Å². The van der Waals surface area contributed by atoms with E-state index in [2.05, 4.69) is 30.7 Å². The van der Waals surface area contributed by atoms with E-state index in [1.165, 1.54) is 0 Å². The van der Waals surface area contributed by atoms with Gasteiger partial charge in [-0.25, -0.2) is 0 Å². The predicted octanol–water partition coefficient (Wildman–Crippen LogP) is 13.3. The number of aryl methyl sites for hydroxylation is 4. The number of nitrogens with zero attached hydrogens (tertiary/aromatic N) is 6. The van der Waals surface area contributed by atoms with Crippen LogP contribution in [0.4, 0.5) is 34.1 Å². The van der Waals surface area contributed by atoms with E-state index in [0.717, 1.165) is 73.3 Å². The van der Waals surface area contributed by atoms with E-state index < -0.39 is 0 Å². The molecule has 248 valence electrons. The van der Waals surface area contributed by atoms with Crippen LogP contribution in [0.3, 0.4) is 0 Å². The van der Waals surface area contributed by atoms with Crippen molar-refractivity contribution in [2.45, 2.75) is 40.9 Å². The second kappa shape index (κ2) is 16.2. The molecule has 0 fully saturated rings. The van der Waals surface area contributed by atoms with Gasteiger partial charge in [-0.2, -0.15) is 30.7 Å². The second-order valence-corrected chi connectivity index (χ2v) is 12.0. The van der Waals surface area contributed by atoms with Crippen molar-refractivity contribution in [3.05, 3.63) is 167 Å². The molecule has 0 amide bonds. The molecule has 0 N–H and O–H groups in total. The quantitative estimate of drug-likeness (QED) is 0.122. The van der Waals surface area contributed by atoms with Crippen LogP contribution in [0, 0.1) is 27.7 Å². The first-order chi connectivity index (χ1) is 24.4. The fraction of sp³-hybridized carbons (Fsp3) is 0.143. The van der Waals surface area contributed by atoms with Gasteiger partial charge in [0.15, 0.2) is 0 Å². The van der Waals surface area contributed by atoms with Crippen LogP contribution < -0.4 is 9.47 Å². The highest BCUT2D eigenvalue weighted by molar-refractivity contribution is 5.59. The maximum atomic E-state index is 5.95. The summed E-state index contributed by atoms with van der Waals surface area (Å²) in [4.78, 5) is 0. The monoisotopic (exact) mass is 658 g/mol. The molecule has 0 aliphatic rings. The van der Waals surface area contributed by atoms with E-state index in [0.29, 0.717) is 18.9 Å². The molecule has 0 aromatic heterocycles. The molecule has 0 bridgehead atoms. The maximum absolute atomic E-state index is 5.95. The van der Waals surface area contributed by atoms with Gasteiger partial charge < -0.3 is 9.47 Å². The van der Waals surface area contributed by atoms with Crippen molar-refractivity contribution in [1.29, 1.82) is 0 Å². The van der Waals surface area contributed by atoms with Crippen LogP contribution in [-0.2, 0) is 13.2 Å². The van der Waals surface area contributed by atoms with E-state index in [1.54, 1.807) is 0 Å². The standard InChI is InChI=1S/C42H38N6O2/c1-29-23-37(49-27-33-11-7-5-8-12-33)19-21-39(29)45-43-35-15-17-36(18-16-35)44-47-41-25-32(4)42(26-31(41)3)48-46-40-22-20-38(24-30(40)2)50-28-34-13-9-6-10-14-34/h5-26H,27-28H2,1-4H3. The summed E-state index contributed by atoms with van der Waals surface area (Å²) in [6.45, 7) is 9.02. The molecular formula is C42H38N6O2. The number of azo groups is 3. The van der Waals surface area contributed by atoms with Crippen LogP contribution in [-0.4, -0.2) is 0 Å². The summed E-state index contributed by atoms with van der Waals surface area (Å²) in [7, 11) is 0. The Bertz CT molecular complexity index is 2140. The second-order valence-electron chi connectivity index (χ2n) is 12.0. The Kier molecular flexibility index (Phi) is 10.9. The molecule has 6 aromatic rings. The largest absolute Gasteiger partial charge is 0.489 e. The fourth-order valence-corrected chi connectivity index (χ4v) is 5.06. The molecule has 0 spiro atoms. The summed E-state index contributed by atoms with van der Waals surface area (Å²) in [6, 6.07) is 43.3. The molecule has 6 rings (SSSR count). The van der Waals surface area contributed by atoms with E-state index in [-0.39, 0.29) is 0 Å². The lowest BCUT2D eigenvalue weighted by atomic mass is 10.1. The molecule has 8 heteroatoms. The first-order valence-corrected chi connectivity index (χ1v) is 16.4. The van der Waals surface area contributed by atoms with Gasteiger partial charge in [-0.3, -0.25) is 0 Å². The minimum atomic E-state index is 0.517. The third-order valence-corrected chi connectivity index (χ3v) is 8.01. The summed E-state index contributed by atoms with van der Waals surface area (Å²) in [5, 5.41) is 26.9. The Morgan fingerprint density at radius 1 is 0.360 bits per heavy atom. The topological polar surface area (TPSA) is 92.6 Å². The molecule has 0 radical (unpaired) electrons. The van der Waals surface area contributed by atoms with Gasteiger partial charge in [0.1, 0.15) is 24.7 Å². The van der Waals surface area contributed by atoms with Gasteiger partial charge in [-0.15, -0.1) is 0 Å². The average molecular weight is 659 g/mol. The highest BCUT2D eigenvalue weighted by Crippen LogP contribution is 2.33. The molecule has 0 unspecified atom stereocenters. The average Bonchev–Trinajstić information content (AvgIpc) is 3.14. The fourth-order valence-electron chi connectivity index (χ4n) is 5.06. The van der Waals surface area contributed by atoms with Crippen molar-refractivity contribution < 1.29 is 9.47 Å². The summed E-state index contributed by atoms with van der Waals surface area (Å²) in [5.41, 5.74) is 10.7. The number of hydrogen-bond donors (Lipinski definition) is 0. The normalized spacial score (nSPS) is 11.5. The van der Waals surface area contributed by atoms with Crippen molar-refractivity contribution in [2.75, 3.05) is 0 Å². The zero-order valence-corrected chi connectivity index (χ0v) is 28.6. The smallest absolute Gasteiger partial charge is 0.120 e. The third-order valence-electron chi connectivity index (χ3n) is 8.01. The van der Waals surface area contributed by atoms with Crippen molar-refractivity contribution in [3.63, 3.8) is 0 Å². The van der Waals surface area contributed by atoms with E-state index >= 15 is 0 Å². The van der Waals surface area contributed by atoms with E-state index in [1.807, 2.05) is 161 Å². The molecule has 0 saturated carbocycles. The molecule has 50 heavy (non-hydrogen) atoms. The molecule has 0 saturated heterocycles. The Balaban J connectivity index is 1.04. The molecule has 8 nitrogen and oxygen atoms in total. The van der Waals surface area contributed by atoms with Crippen molar-refractivity contribution in [1.82, 2.24) is 0 Å². The van der Waals surface area contributed by atoms with Gasteiger partial charge >= 0.3 is 0 Å². The molecule has 0 aliphatic carbocycles. The molecule has 0 aliphatic heterocycles. The number of rotatable bonds is 12. The first-order valence-electron chi connectivity index (χ1n) is 16.4. The van der Waals surface area contributed by atoms with Crippen LogP contribution >= 0.6 is 0 Å². The van der Waals surface area contributed by atoms with Gasteiger partial charge in [0.2, 0.25) is 0 Å². The number of hydrogen-bond acceptors (Lipinski definition) is 8. The minimum absolute atomic E-state index is 0.517. The van der Waals surface area contributed by atoms with Gasteiger partial charge in [0, 0.05) is 0 Å². The summed E-state index contributed by atoms with van der Waals surface area (Å²) >= 11 is 0. The maximum Gasteiger partial charge on any atom is 0.120 e. The summed E-state index contributed by atoms with van der Waals surface area (Å²) in [6.07, 6.45) is 0. The zero-order chi connectivity index (χ0) is 34.7. The molecular weight excluding hydrogens is 621 g/mol. The Morgan fingerprint density at radius 2 is 0.720 bits per heavy atom. The summed E-state index contributed by atoms with van der Waals surface area (Å²) in [5.74, 6) is 1.60. The zero-order valence-electron chi connectivity index (χ0n) is 28.6. The van der Waals surface area contributed by atoms with Crippen LogP contribution in [0.25, 0.3) is 0 Å². The van der Waals surface area contributed by atoms with Crippen LogP contribution in [0.1, 0.15) is 33.4 Å². The third kappa shape index (κ3) is 9.20. The lowest BCUT2D eigenvalue weighted by Gasteiger charge is -2.08. The van der Waals surface area contributed by atoms with Crippen LogP contribution in [0.2, 0.25) is 0 Å². The lowest BCUT2D eigenvalue weighted by Crippen LogP contribution is -1.95. The SMILES string of the molecule is Cc1cc(OCc2ccccc2)ccc1N=Nc1ccc(N=Nc2cc(C)c(N=Nc3ccc(OCc4ccccc4)cc3C)cc2C)cc1. The van der Waals surface area contributed by atoms with Gasteiger partial charge in [0.05, 0.1) is 34.1 Å². The van der Waals surface area contributed by atoms with Gasteiger partial charge in [-0.1, -0.05) is 60.7 Å². The van der Waals surface area contributed by atoms with E-state index in [9.17, 15) is 0 Å². The number of ether oxygens (including phenoxy) is 2. The highest BCUT2D eigenvalue weighted by Gasteiger charge is 2.07. The lowest BCUT2D eigenvalue weighted by molar-refractivity contribution is 0.306. The van der Waals surface area contributed by atoms with Gasteiger partial charge in [-0.05, 0) is 134 Å². The van der Waals surface area contributed by atoms with Crippen LogP contribution in [0.15, 0.2) is 164 Å². The minimum Gasteiger partial charge on any atom is -0.489 e. The first kappa shape index (κ1) is 33.6. The molecule has 0 heterocycles. The Hall–Kier alpha value is -6.28. The predicted molar refractivity (Wildman–Crippen MR) is 199 cm³/mol. The van der Waals surface area contributed by atoms with Crippen molar-refractivity contribution >= 4 is 34.1 Å². The Morgan fingerprint density at radius 3 is 1.14 bits per heavy atom. The number of benzene rings is 6. The summed E-state index contributed by atoms with van der Waals surface area (Å²) < 4.78 is 11.9.